The molecule has 3 aromatic rings. The summed E-state index contributed by atoms with van der Waals surface area (Å²) < 4.78 is 12.1. The molecule has 0 aliphatic heterocycles. The van der Waals surface area contributed by atoms with E-state index >= 15 is 0 Å². The standard InChI is InChI=1S/C13H14N8O3S2/c1-6-9(16-20-21(6)11-10(14)18-24-19-11)12(22)17-15-5-7-4-8(25-3)26-13(7)23-2/h4-5H,1-3H3,(H2,14,18)(H,17,22)/b15-5+. The Labute approximate surface area is 155 Å². The number of aromatic nitrogens is 5. The summed E-state index contributed by atoms with van der Waals surface area (Å²) in [5.74, 6) is -0.332. The van der Waals surface area contributed by atoms with Crippen LogP contribution in [0.3, 0.4) is 0 Å². The van der Waals surface area contributed by atoms with E-state index in [0.717, 1.165) is 9.77 Å². The molecular formula is C13H14N8O3S2. The lowest BCUT2D eigenvalue weighted by Crippen LogP contribution is -2.19. The first kappa shape index (κ1) is 17.9. The normalized spacial score (nSPS) is 11.2. The molecule has 0 bridgehead atoms. The molecule has 0 atom stereocenters. The molecule has 0 radical (unpaired) electrons. The van der Waals surface area contributed by atoms with Crippen LogP contribution in [0.5, 0.6) is 5.06 Å². The molecule has 0 fully saturated rings. The van der Waals surface area contributed by atoms with Crippen LogP contribution < -0.4 is 15.9 Å². The number of hydrazone groups is 1. The zero-order chi connectivity index (χ0) is 18.7. The van der Waals surface area contributed by atoms with Crippen molar-refractivity contribution >= 4 is 41.0 Å². The molecule has 0 aliphatic carbocycles. The van der Waals surface area contributed by atoms with Crippen molar-refractivity contribution in [2.24, 2.45) is 5.10 Å². The summed E-state index contributed by atoms with van der Waals surface area (Å²) in [6.07, 6.45) is 3.48. The number of carbonyl (C=O) groups excluding carboxylic acids is 1. The number of methoxy groups -OCH3 is 1. The van der Waals surface area contributed by atoms with E-state index in [2.05, 4.69) is 35.8 Å². The first-order valence-corrected chi connectivity index (χ1v) is 9.15. The van der Waals surface area contributed by atoms with Gasteiger partial charge in [0.15, 0.2) is 10.8 Å². The van der Waals surface area contributed by atoms with Crippen LogP contribution in [0.1, 0.15) is 21.7 Å². The second-order valence-electron chi connectivity index (χ2n) is 4.82. The van der Waals surface area contributed by atoms with Crippen LogP contribution in [0.2, 0.25) is 0 Å². The third-order valence-corrected chi connectivity index (χ3v) is 5.44. The quantitative estimate of drug-likeness (QED) is 0.356. The summed E-state index contributed by atoms with van der Waals surface area (Å²) in [6.45, 7) is 1.64. The maximum Gasteiger partial charge on any atom is 0.293 e. The molecule has 11 nitrogen and oxygen atoms in total. The number of hydrogen-bond donors (Lipinski definition) is 2. The maximum atomic E-state index is 12.3. The number of carbonyl (C=O) groups is 1. The predicted molar refractivity (Wildman–Crippen MR) is 96.1 cm³/mol. The van der Waals surface area contributed by atoms with Crippen molar-refractivity contribution in [2.75, 3.05) is 19.1 Å². The lowest BCUT2D eigenvalue weighted by Gasteiger charge is -1.99. The number of nitrogen functional groups attached to an aromatic ring is 1. The van der Waals surface area contributed by atoms with E-state index in [0.29, 0.717) is 10.8 Å². The topological polar surface area (TPSA) is 146 Å². The molecule has 3 N–H and O–H groups in total. The van der Waals surface area contributed by atoms with Crippen molar-refractivity contribution in [1.82, 2.24) is 30.7 Å². The van der Waals surface area contributed by atoms with Gasteiger partial charge < -0.3 is 10.5 Å². The van der Waals surface area contributed by atoms with E-state index in [9.17, 15) is 4.79 Å². The second-order valence-corrected chi connectivity index (χ2v) is 6.95. The van der Waals surface area contributed by atoms with Gasteiger partial charge in [0.05, 0.1) is 23.2 Å². The molecule has 0 aromatic carbocycles. The number of amides is 1. The molecular weight excluding hydrogens is 380 g/mol. The van der Waals surface area contributed by atoms with Crippen molar-refractivity contribution in [1.29, 1.82) is 0 Å². The van der Waals surface area contributed by atoms with E-state index in [4.69, 9.17) is 10.5 Å². The summed E-state index contributed by atoms with van der Waals surface area (Å²) in [5, 5.41) is 19.4. The number of rotatable bonds is 6. The third-order valence-electron chi connectivity index (χ3n) is 3.26. The van der Waals surface area contributed by atoms with E-state index in [1.165, 1.54) is 22.2 Å². The van der Waals surface area contributed by atoms with Crippen LogP contribution >= 0.6 is 23.1 Å². The summed E-state index contributed by atoms with van der Waals surface area (Å²) in [7, 11) is 1.58. The average Bonchev–Trinajstić information content (AvgIpc) is 3.33. The zero-order valence-electron chi connectivity index (χ0n) is 14.0. The molecule has 0 spiro atoms. The molecule has 0 saturated heterocycles. The average molecular weight is 394 g/mol. The van der Waals surface area contributed by atoms with Gasteiger partial charge in [-0.15, -0.1) is 16.9 Å². The molecule has 3 heterocycles. The Morgan fingerprint density at radius 2 is 2.35 bits per heavy atom. The van der Waals surface area contributed by atoms with Gasteiger partial charge in [0.1, 0.15) is 0 Å². The Bertz CT molecular complexity index is 961. The Balaban J connectivity index is 1.74. The Morgan fingerprint density at radius 1 is 1.54 bits per heavy atom. The second kappa shape index (κ2) is 7.53. The number of ether oxygens (including phenoxy) is 1. The monoisotopic (exact) mass is 394 g/mol. The van der Waals surface area contributed by atoms with Gasteiger partial charge in [-0.25, -0.2) is 10.1 Å². The summed E-state index contributed by atoms with van der Waals surface area (Å²) in [4.78, 5) is 12.3. The molecule has 26 heavy (non-hydrogen) atoms. The van der Waals surface area contributed by atoms with E-state index < -0.39 is 5.91 Å². The van der Waals surface area contributed by atoms with Gasteiger partial charge in [-0.3, -0.25) is 4.79 Å². The minimum absolute atomic E-state index is 0.0390. The van der Waals surface area contributed by atoms with Crippen molar-refractivity contribution in [2.45, 2.75) is 11.1 Å². The van der Waals surface area contributed by atoms with E-state index in [1.807, 2.05) is 12.3 Å². The lowest BCUT2D eigenvalue weighted by molar-refractivity contribution is 0.0949. The molecule has 3 aromatic heterocycles. The van der Waals surface area contributed by atoms with Gasteiger partial charge in [0.25, 0.3) is 5.91 Å². The van der Waals surface area contributed by atoms with Gasteiger partial charge in [-0.1, -0.05) is 16.6 Å². The number of nitrogens with two attached hydrogens (primary N) is 1. The van der Waals surface area contributed by atoms with Gasteiger partial charge >= 0.3 is 0 Å². The summed E-state index contributed by atoms with van der Waals surface area (Å²) >= 11 is 3.10. The van der Waals surface area contributed by atoms with Crippen molar-refractivity contribution in [3.05, 3.63) is 23.0 Å². The Kier molecular flexibility index (Phi) is 5.18. The van der Waals surface area contributed by atoms with Crippen molar-refractivity contribution < 1.29 is 14.2 Å². The van der Waals surface area contributed by atoms with E-state index in [1.54, 1.807) is 25.8 Å². The fourth-order valence-electron chi connectivity index (χ4n) is 2.01. The molecule has 136 valence electrons. The molecule has 1 amide bonds. The van der Waals surface area contributed by atoms with Crippen LogP contribution in [0, 0.1) is 6.92 Å². The summed E-state index contributed by atoms with van der Waals surface area (Å²) in [6, 6.07) is 1.92. The highest BCUT2D eigenvalue weighted by Gasteiger charge is 2.20. The van der Waals surface area contributed by atoms with E-state index in [-0.39, 0.29) is 17.3 Å². The van der Waals surface area contributed by atoms with Crippen molar-refractivity contribution in [3.63, 3.8) is 0 Å². The third kappa shape index (κ3) is 3.39. The highest BCUT2D eigenvalue weighted by Crippen LogP contribution is 2.34. The van der Waals surface area contributed by atoms with Gasteiger partial charge in [-0.2, -0.15) is 9.78 Å². The number of hydrogen-bond acceptors (Lipinski definition) is 11. The highest BCUT2D eigenvalue weighted by atomic mass is 32.2. The first-order chi connectivity index (χ1) is 12.5. The number of thiophene rings is 1. The van der Waals surface area contributed by atoms with Crippen LogP contribution in [0.25, 0.3) is 5.82 Å². The van der Waals surface area contributed by atoms with Gasteiger partial charge in [0, 0.05) is 5.56 Å². The molecule has 13 heteroatoms. The first-order valence-electron chi connectivity index (χ1n) is 7.11. The largest absolute Gasteiger partial charge is 0.487 e. The molecule has 0 aliphatic rings. The fourth-order valence-corrected chi connectivity index (χ4v) is 3.49. The number of nitrogens with one attached hydrogen (secondary N) is 1. The highest BCUT2D eigenvalue weighted by molar-refractivity contribution is 8.00. The number of anilines is 1. The smallest absolute Gasteiger partial charge is 0.293 e. The fraction of sp³-hybridized carbons (Fsp3) is 0.231. The Morgan fingerprint density at radius 3 is 3.00 bits per heavy atom. The lowest BCUT2D eigenvalue weighted by atomic mass is 10.3. The Hall–Kier alpha value is -2.93. The van der Waals surface area contributed by atoms with Crippen LogP contribution in [0.15, 0.2) is 20.0 Å². The van der Waals surface area contributed by atoms with Crippen molar-refractivity contribution in [3.8, 4) is 10.9 Å². The van der Waals surface area contributed by atoms with Crippen LogP contribution in [-0.4, -0.2) is 50.8 Å². The predicted octanol–water partition coefficient (Wildman–Crippen LogP) is 1.10. The molecule has 0 unspecified atom stereocenters. The minimum atomic E-state index is -0.528. The molecule has 3 rings (SSSR count). The van der Waals surface area contributed by atoms with Gasteiger partial charge in [-0.05, 0) is 29.6 Å². The SMILES string of the molecule is COc1sc(SC)cc1/C=N/NC(=O)c1nnn(-c2nonc2N)c1C. The minimum Gasteiger partial charge on any atom is -0.487 e. The summed E-state index contributed by atoms with van der Waals surface area (Å²) in [5.41, 5.74) is 9.28. The van der Waals surface area contributed by atoms with Crippen LogP contribution in [0.4, 0.5) is 5.82 Å². The maximum absolute atomic E-state index is 12.3. The molecule has 0 saturated carbocycles. The van der Waals surface area contributed by atoms with Gasteiger partial charge in [0.2, 0.25) is 11.6 Å². The zero-order valence-corrected chi connectivity index (χ0v) is 15.6. The number of thioether (sulfide) groups is 1. The van der Waals surface area contributed by atoms with Crippen LogP contribution in [-0.2, 0) is 0 Å². The number of nitrogens with zero attached hydrogens (tertiary/aromatic N) is 6.